The van der Waals surface area contributed by atoms with Crippen molar-refractivity contribution in [2.45, 2.75) is 89.6 Å². The first kappa shape index (κ1) is 32.3. The molecule has 5 atom stereocenters. The number of rotatable bonds is 8. The molecule has 1 saturated heterocycles. The molecule has 2 aliphatic rings. The van der Waals surface area contributed by atoms with Crippen LogP contribution in [0.25, 0.3) is 0 Å². The lowest BCUT2D eigenvalue weighted by atomic mass is 9.82. The Morgan fingerprint density at radius 2 is 1.65 bits per heavy atom. The zero-order valence-corrected chi connectivity index (χ0v) is 25.1. The summed E-state index contributed by atoms with van der Waals surface area (Å²) in [6, 6.07) is 3.33. The zero-order valence-electron chi connectivity index (χ0n) is 24.3. The number of carboxylic acid groups (broad SMARTS) is 1. The Morgan fingerprint density at radius 3 is 2.10 bits per heavy atom. The van der Waals surface area contributed by atoms with Gasteiger partial charge in [0.25, 0.3) is 0 Å². The van der Waals surface area contributed by atoms with Crippen LogP contribution in [-0.4, -0.2) is 77.9 Å². The fraction of sp³-hybridized carbons (Fsp3) is 0.714. The number of hydrogen-bond acceptors (Lipinski definition) is 5. The van der Waals surface area contributed by atoms with Gasteiger partial charge in [0, 0.05) is 30.6 Å². The normalized spacial score (nSPS) is 24.1. The van der Waals surface area contributed by atoms with Crippen LogP contribution in [0.3, 0.4) is 0 Å². The van der Waals surface area contributed by atoms with Gasteiger partial charge in [-0.15, -0.1) is 0 Å². The molecule has 1 N–H and O–H groups in total. The van der Waals surface area contributed by atoms with Crippen LogP contribution < -0.4 is 0 Å². The number of carbonyl (C=O) groups is 2. The number of sulfonamides is 1. The summed E-state index contributed by atoms with van der Waals surface area (Å²) in [5, 5.41) is 10.3. The number of fused-ring (bicyclic) bond motifs is 1. The molecule has 0 radical (unpaired) electrons. The molecule has 0 spiro atoms. The lowest BCUT2D eigenvalue weighted by Gasteiger charge is -2.49. The fourth-order valence-corrected chi connectivity index (χ4v) is 8.00. The minimum absolute atomic E-state index is 0.0162. The SMILES string of the molecule is CN([C@H]1CC[C@@H]2CN(S(=O)(=O)c3ccc(C(F)(F)F)cc3)C[C@@H]21)[C@H](C(C=O)CC(C)(C)C)N(C(=O)O)C(C)(C)C. The summed E-state index contributed by atoms with van der Waals surface area (Å²) >= 11 is 0. The van der Waals surface area contributed by atoms with Gasteiger partial charge in [-0.05, 0) is 88.6 Å². The molecule has 1 aromatic carbocycles. The van der Waals surface area contributed by atoms with E-state index in [9.17, 15) is 36.3 Å². The second-order valence-corrected chi connectivity index (χ2v) is 15.3. The van der Waals surface area contributed by atoms with Gasteiger partial charge in [-0.2, -0.15) is 17.5 Å². The molecule has 1 aliphatic heterocycles. The number of alkyl halides is 3. The first-order valence-corrected chi connectivity index (χ1v) is 15.0. The van der Waals surface area contributed by atoms with Crippen molar-refractivity contribution in [1.82, 2.24) is 14.1 Å². The van der Waals surface area contributed by atoms with Gasteiger partial charge < -0.3 is 9.90 Å². The Labute approximate surface area is 235 Å². The van der Waals surface area contributed by atoms with Crippen molar-refractivity contribution in [3.8, 4) is 0 Å². The van der Waals surface area contributed by atoms with Gasteiger partial charge in [0.15, 0.2) is 0 Å². The predicted octanol–water partition coefficient (Wildman–Crippen LogP) is 5.39. The van der Waals surface area contributed by atoms with Gasteiger partial charge >= 0.3 is 12.3 Å². The van der Waals surface area contributed by atoms with E-state index in [1.165, 1.54) is 9.21 Å². The number of carbonyl (C=O) groups excluding carboxylic acids is 1. The third-order valence-electron chi connectivity index (χ3n) is 8.14. The summed E-state index contributed by atoms with van der Waals surface area (Å²) in [5.41, 5.74) is -1.97. The quantitative estimate of drug-likeness (QED) is 0.323. The molecule has 1 aromatic rings. The monoisotopic (exact) mass is 589 g/mol. The molecular weight excluding hydrogens is 547 g/mol. The third kappa shape index (κ3) is 6.82. The molecule has 40 heavy (non-hydrogen) atoms. The smallest absolute Gasteiger partial charge is 0.416 e. The van der Waals surface area contributed by atoms with Crippen LogP contribution in [0.2, 0.25) is 0 Å². The molecule has 0 aromatic heterocycles. The van der Waals surface area contributed by atoms with Crippen molar-refractivity contribution < 1.29 is 36.3 Å². The van der Waals surface area contributed by atoms with Crippen molar-refractivity contribution in [2.75, 3.05) is 20.1 Å². The van der Waals surface area contributed by atoms with Gasteiger partial charge in [0.05, 0.1) is 16.6 Å². The second-order valence-electron chi connectivity index (χ2n) is 13.4. The fourth-order valence-electron chi connectivity index (χ4n) is 6.46. The number of aldehydes is 1. The van der Waals surface area contributed by atoms with Crippen LogP contribution in [0.15, 0.2) is 29.2 Å². The molecule has 3 rings (SSSR count). The van der Waals surface area contributed by atoms with E-state index in [1.807, 2.05) is 32.7 Å². The number of halogens is 3. The van der Waals surface area contributed by atoms with E-state index in [2.05, 4.69) is 0 Å². The maximum absolute atomic E-state index is 13.4. The number of nitrogens with zero attached hydrogens (tertiary/aromatic N) is 3. The van der Waals surface area contributed by atoms with E-state index in [1.54, 1.807) is 20.8 Å². The van der Waals surface area contributed by atoms with Gasteiger partial charge in [0.2, 0.25) is 10.0 Å². The van der Waals surface area contributed by atoms with Gasteiger partial charge in [-0.1, -0.05) is 20.8 Å². The van der Waals surface area contributed by atoms with Crippen LogP contribution in [0.1, 0.15) is 66.4 Å². The molecular formula is C28H42F3N3O5S. The van der Waals surface area contributed by atoms with E-state index >= 15 is 0 Å². The van der Waals surface area contributed by atoms with E-state index in [0.717, 1.165) is 43.4 Å². The van der Waals surface area contributed by atoms with Crippen LogP contribution in [0, 0.1) is 23.2 Å². The van der Waals surface area contributed by atoms with E-state index in [4.69, 9.17) is 0 Å². The summed E-state index contributed by atoms with van der Waals surface area (Å²) in [6.45, 7) is 11.7. The average Bonchev–Trinajstić information content (AvgIpc) is 3.40. The number of benzene rings is 1. The molecule has 0 bridgehead atoms. The highest BCUT2D eigenvalue weighted by atomic mass is 32.2. The standard InChI is InChI=1S/C28H42F3N3O5S/c1-26(2,3)14-19(17-35)24(34(25(36)37)27(4,5)6)32(7)23-13-8-18-15-33(16-22(18)23)40(38,39)21-11-9-20(10-12-21)28(29,30)31/h9-12,17-19,22-24H,8,13-16H2,1-7H3,(H,36,37)/t18-,19?,22+,23+,24+/m1/s1. The maximum atomic E-state index is 13.4. The first-order chi connectivity index (χ1) is 18.2. The lowest BCUT2D eigenvalue weighted by Crippen LogP contribution is -2.63. The van der Waals surface area contributed by atoms with E-state index < -0.39 is 45.5 Å². The largest absolute Gasteiger partial charge is 0.465 e. The minimum Gasteiger partial charge on any atom is -0.465 e. The summed E-state index contributed by atoms with van der Waals surface area (Å²) in [6.07, 6.45) is -3.74. The highest BCUT2D eigenvalue weighted by molar-refractivity contribution is 7.89. The zero-order chi connectivity index (χ0) is 30.4. The molecule has 226 valence electrons. The summed E-state index contributed by atoms with van der Waals surface area (Å²) in [7, 11) is -2.21. The van der Waals surface area contributed by atoms with Crippen LogP contribution in [0.5, 0.6) is 0 Å². The molecule has 8 nitrogen and oxygen atoms in total. The predicted molar refractivity (Wildman–Crippen MR) is 145 cm³/mol. The maximum Gasteiger partial charge on any atom is 0.416 e. The minimum atomic E-state index is -4.56. The van der Waals surface area contributed by atoms with Crippen molar-refractivity contribution in [3.05, 3.63) is 29.8 Å². The molecule has 12 heteroatoms. The molecule has 2 fully saturated rings. The lowest BCUT2D eigenvalue weighted by molar-refractivity contribution is -0.137. The van der Waals surface area contributed by atoms with Gasteiger partial charge in [-0.25, -0.2) is 13.2 Å². The highest BCUT2D eigenvalue weighted by Crippen LogP contribution is 2.44. The van der Waals surface area contributed by atoms with Crippen LogP contribution >= 0.6 is 0 Å². The van der Waals surface area contributed by atoms with Crippen molar-refractivity contribution in [3.63, 3.8) is 0 Å². The molecule has 1 aliphatic carbocycles. The summed E-state index contributed by atoms with van der Waals surface area (Å²) in [5.74, 6) is -0.718. The molecule has 1 amide bonds. The van der Waals surface area contributed by atoms with E-state index in [-0.39, 0.29) is 41.3 Å². The second kappa shape index (κ2) is 11.2. The average molecular weight is 590 g/mol. The van der Waals surface area contributed by atoms with Crippen LogP contribution in [-0.2, 0) is 21.0 Å². The van der Waals surface area contributed by atoms with Gasteiger partial charge in [0.1, 0.15) is 6.29 Å². The Kier molecular flexibility index (Phi) is 9.09. The van der Waals surface area contributed by atoms with Crippen LogP contribution in [0.4, 0.5) is 18.0 Å². The Morgan fingerprint density at radius 1 is 1.07 bits per heavy atom. The molecule has 1 heterocycles. The van der Waals surface area contributed by atoms with Crippen molar-refractivity contribution in [1.29, 1.82) is 0 Å². The third-order valence-corrected chi connectivity index (χ3v) is 9.99. The van der Waals surface area contributed by atoms with Crippen molar-refractivity contribution in [2.24, 2.45) is 23.2 Å². The molecule has 1 unspecified atom stereocenters. The summed E-state index contributed by atoms with van der Waals surface area (Å²) in [4.78, 5) is 28.1. The Hall–Kier alpha value is -2.18. The first-order valence-electron chi connectivity index (χ1n) is 13.6. The Balaban J connectivity index is 1.91. The highest BCUT2D eigenvalue weighted by Gasteiger charge is 2.51. The molecule has 1 saturated carbocycles. The Bertz CT molecular complexity index is 1180. The number of hydrogen-bond donors (Lipinski definition) is 1. The topological polar surface area (TPSA) is 98.2 Å². The van der Waals surface area contributed by atoms with E-state index in [0.29, 0.717) is 6.42 Å². The van der Waals surface area contributed by atoms with Gasteiger partial charge in [-0.3, -0.25) is 9.80 Å². The number of amides is 1. The summed E-state index contributed by atoms with van der Waals surface area (Å²) < 4.78 is 67.0. The van der Waals surface area contributed by atoms with Crippen molar-refractivity contribution >= 4 is 22.4 Å².